The second kappa shape index (κ2) is 8.53. The van der Waals surface area contributed by atoms with E-state index in [0.717, 1.165) is 24.2 Å². The highest BCUT2D eigenvalue weighted by Crippen LogP contribution is 2.20. The van der Waals surface area contributed by atoms with Gasteiger partial charge in [-0.15, -0.1) is 0 Å². The first-order chi connectivity index (χ1) is 11.5. The van der Waals surface area contributed by atoms with Crippen LogP contribution in [0, 0.1) is 13.8 Å². The number of carbonyl (C=O) groups excluding carboxylic acids is 1. The standard InChI is InChI=1S/C21H27NO2/c1-15-10-13-20(16(2)14-15)24-18(4)21(23)22-17(3)11-12-19-8-6-5-7-9-19/h5-10,13-14,17-18H,11-12H2,1-4H3,(H,22,23)/t17-,18+/m0/s1. The summed E-state index contributed by atoms with van der Waals surface area (Å²) in [6.45, 7) is 7.86. The van der Waals surface area contributed by atoms with E-state index in [-0.39, 0.29) is 11.9 Å². The maximum Gasteiger partial charge on any atom is 0.260 e. The lowest BCUT2D eigenvalue weighted by Gasteiger charge is -2.19. The van der Waals surface area contributed by atoms with Crippen molar-refractivity contribution in [2.24, 2.45) is 0 Å². The van der Waals surface area contributed by atoms with Gasteiger partial charge in [0, 0.05) is 6.04 Å². The van der Waals surface area contributed by atoms with Crippen molar-refractivity contribution < 1.29 is 9.53 Å². The van der Waals surface area contributed by atoms with Crippen LogP contribution in [0.15, 0.2) is 48.5 Å². The average Bonchev–Trinajstić information content (AvgIpc) is 2.56. The molecule has 0 saturated heterocycles. The Hall–Kier alpha value is -2.29. The number of hydrogen-bond acceptors (Lipinski definition) is 2. The molecule has 2 aromatic rings. The molecule has 0 fully saturated rings. The molecular weight excluding hydrogens is 298 g/mol. The van der Waals surface area contributed by atoms with Crippen molar-refractivity contribution in [2.75, 3.05) is 0 Å². The lowest BCUT2D eigenvalue weighted by atomic mass is 10.1. The quantitative estimate of drug-likeness (QED) is 0.828. The normalized spacial score (nSPS) is 13.2. The van der Waals surface area contributed by atoms with Crippen LogP contribution in [0.5, 0.6) is 5.75 Å². The SMILES string of the molecule is Cc1ccc(O[C@H](C)C(=O)N[C@@H](C)CCc2ccccc2)c(C)c1. The van der Waals surface area contributed by atoms with Crippen molar-refractivity contribution in [3.63, 3.8) is 0 Å². The number of carbonyl (C=O) groups is 1. The second-order valence-electron chi connectivity index (χ2n) is 6.46. The molecule has 0 aliphatic heterocycles. The van der Waals surface area contributed by atoms with Gasteiger partial charge in [-0.25, -0.2) is 0 Å². The fourth-order valence-corrected chi connectivity index (χ4v) is 2.64. The number of aryl methyl sites for hydroxylation is 3. The lowest BCUT2D eigenvalue weighted by molar-refractivity contribution is -0.127. The highest BCUT2D eigenvalue weighted by molar-refractivity contribution is 5.81. The lowest BCUT2D eigenvalue weighted by Crippen LogP contribution is -2.41. The smallest absolute Gasteiger partial charge is 0.260 e. The summed E-state index contributed by atoms with van der Waals surface area (Å²) in [5.74, 6) is 0.690. The minimum Gasteiger partial charge on any atom is -0.481 e. The van der Waals surface area contributed by atoms with Crippen LogP contribution < -0.4 is 10.1 Å². The van der Waals surface area contributed by atoms with Gasteiger partial charge in [0.2, 0.25) is 0 Å². The average molecular weight is 325 g/mol. The van der Waals surface area contributed by atoms with Crippen molar-refractivity contribution >= 4 is 5.91 Å². The Balaban J connectivity index is 1.82. The van der Waals surface area contributed by atoms with Gasteiger partial charge in [-0.2, -0.15) is 0 Å². The highest BCUT2D eigenvalue weighted by Gasteiger charge is 2.17. The van der Waals surface area contributed by atoms with Gasteiger partial charge in [0.15, 0.2) is 6.10 Å². The predicted octanol–water partition coefficient (Wildman–Crippen LogP) is 4.21. The number of nitrogens with one attached hydrogen (secondary N) is 1. The van der Waals surface area contributed by atoms with Gasteiger partial charge >= 0.3 is 0 Å². The number of rotatable bonds is 7. The topological polar surface area (TPSA) is 38.3 Å². The molecule has 2 atom stereocenters. The summed E-state index contributed by atoms with van der Waals surface area (Å²) in [6, 6.07) is 16.4. The van der Waals surface area contributed by atoms with Crippen LogP contribution in [0.2, 0.25) is 0 Å². The van der Waals surface area contributed by atoms with Crippen molar-refractivity contribution in [1.82, 2.24) is 5.32 Å². The molecule has 128 valence electrons. The zero-order valence-electron chi connectivity index (χ0n) is 15.0. The van der Waals surface area contributed by atoms with Crippen molar-refractivity contribution in [1.29, 1.82) is 0 Å². The molecule has 1 amide bonds. The third-order valence-electron chi connectivity index (χ3n) is 4.10. The highest BCUT2D eigenvalue weighted by atomic mass is 16.5. The Labute approximate surface area is 145 Å². The van der Waals surface area contributed by atoms with E-state index in [2.05, 4.69) is 23.5 Å². The summed E-state index contributed by atoms with van der Waals surface area (Å²) < 4.78 is 5.81. The molecule has 3 nitrogen and oxygen atoms in total. The van der Waals surface area contributed by atoms with E-state index in [9.17, 15) is 4.79 Å². The fraction of sp³-hybridized carbons (Fsp3) is 0.381. The third-order valence-corrected chi connectivity index (χ3v) is 4.10. The van der Waals surface area contributed by atoms with Gasteiger partial charge in [-0.05, 0) is 57.7 Å². The molecule has 0 bridgehead atoms. The molecule has 3 heteroatoms. The molecule has 2 rings (SSSR count). The summed E-state index contributed by atoms with van der Waals surface area (Å²) in [4.78, 5) is 12.3. The zero-order valence-corrected chi connectivity index (χ0v) is 15.0. The van der Waals surface area contributed by atoms with Crippen LogP contribution in [0.1, 0.15) is 37.0 Å². The monoisotopic (exact) mass is 325 g/mol. The van der Waals surface area contributed by atoms with E-state index < -0.39 is 6.10 Å². The number of ether oxygens (including phenoxy) is 1. The van der Waals surface area contributed by atoms with Crippen molar-refractivity contribution in [2.45, 2.75) is 52.7 Å². The zero-order chi connectivity index (χ0) is 17.5. The van der Waals surface area contributed by atoms with Crippen LogP contribution in [-0.4, -0.2) is 18.1 Å². The maximum absolute atomic E-state index is 12.3. The van der Waals surface area contributed by atoms with E-state index >= 15 is 0 Å². The van der Waals surface area contributed by atoms with E-state index in [4.69, 9.17) is 4.74 Å². The van der Waals surface area contributed by atoms with E-state index in [1.807, 2.05) is 51.1 Å². The maximum atomic E-state index is 12.3. The summed E-state index contributed by atoms with van der Waals surface area (Å²) in [7, 11) is 0. The Morgan fingerprint density at radius 2 is 1.79 bits per heavy atom. The van der Waals surface area contributed by atoms with Gasteiger partial charge in [0.05, 0.1) is 0 Å². The third kappa shape index (κ3) is 5.41. The summed E-state index contributed by atoms with van der Waals surface area (Å²) >= 11 is 0. The first-order valence-corrected chi connectivity index (χ1v) is 8.54. The van der Waals surface area contributed by atoms with E-state index in [1.54, 1.807) is 6.92 Å². The Kier molecular flexibility index (Phi) is 6.42. The molecule has 0 unspecified atom stereocenters. The Morgan fingerprint density at radius 3 is 2.46 bits per heavy atom. The number of amides is 1. The molecule has 0 saturated carbocycles. The van der Waals surface area contributed by atoms with E-state index in [0.29, 0.717) is 0 Å². The molecule has 24 heavy (non-hydrogen) atoms. The minimum atomic E-state index is -0.509. The van der Waals surface area contributed by atoms with Crippen LogP contribution in [0.4, 0.5) is 0 Å². The summed E-state index contributed by atoms with van der Waals surface area (Å²) in [5.41, 5.74) is 3.52. The van der Waals surface area contributed by atoms with Crippen LogP contribution in [-0.2, 0) is 11.2 Å². The van der Waals surface area contributed by atoms with Gasteiger partial charge in [0.25, 0.3) is 5.91 Å². The molecule has 0 aliphatic rings. The molecule has 1 N–H and O–H groups in total. The molecule has 0 aliphatic carbocycles. The first-order valence-electron chi connectivity index (χ1n) is 8.54. The predicted molar refractivity (Wildman–Crippen MR) is 98.4 cm³/mol. The van der Waals surface area contributed by atoms with Crippen LogP contribution >= 0.6 is 0 Å². The number of hydrogen-bond donors (Lipinski definition) is 1. The molecule has 0 heterocycles. The Morgan fingerprint density at radius 1 is 1.08 bits per heavy atom. The van der Waals surface area contributed by atoms with Crippen LogP contribution in [0.25, 0.3) is 0 Å². The number of benzene rings is 2. The van der Waals surface area contributed by atoms with Gasteiger partial charge in [-0.3, -0.25) is 4.79 Å². The molecule has 0 spiro atoms. The minimum absolute atomic E-state index is 0.0736. The second-order valence-corrected chi connectivity index (χ2v) is 6.46. The van der Waals surface area contributed by atoms with Crippen molar-refractivity contribution in [3.05, 3.63) is 65.2 Å². The molecule has 0 radical (unpaired) electrons. The van der Waals surface area contributed by atoms with E-state index in [1.165, 1.54) is 11.1 Å². The van der Waals surface area contributed by atoms with Crippen LogP contribution in [0.3, 0.4) is 0 Å². The first kappa shape index (κ1) is 18.1. The van der Waals surface area contributed by atoms with Gasteiger partial charge < -0.3 is 10.1 Å². The Bertz CT molecular complexity index is 667. The molecule has 0 aromatic heterocycles. The summed E-state index contributed by atoms with van der Waals surface area (Å²) in [5, 5.41) is 3.04. The molecule has 2 aromatic carbocycles. The van der Waals surface area contributed by atoms with Crippen molar-refractivity contribution in [3.8, 4) is 5.75 Å². The van der Waals surface area contributed by atoms with Gasteiger partial charge in [-0.1, -0.05) is 48.0 Å². The summed E-state index contributed by atoms with van der Waals surface area (Å²) in [6.07, 6.45) is 1.35. The largest absolute Gasteiger partial charge is 0.481 e. The fourth-order valence-electron chi connectivity index (χ4n) is 2.64. The molecular formula is C21H27NO2. The van der Waals surface area contributed by atoms with Gasteiger partial charge in [0.1, 0.15) is 5.75 Å².